The van der Waals surface area contributed by atoms with Gasteiger partial charge in [-0.05, 0) is 43.5 Å². The van der Waals surface area contributed by atoms with Crippen LogP contribution in [0.1, 0.15) is 24.3 Å². The smallest absolute Gasteiger partial charge is 0.213 e. The van der Waals surface area contributed by atoms with Gasteiger partial charge < -0.3 is 10.1 Å². The Kier molecular flexibility index (Phi) is 2.99. The van der Waals surface area contributed by atoms with Gasteiger partial charge in [0, 0.05) is 12.3 Å². The third kappa shape index (κ3) is 2.04. The molecule has 0 bridgehead atoms. The minimum atomic E-state index is 0.674. The van der Waals surface area contributed by atoms with Crippen LogP contribution in [0, 0.1) is 0 Å². The van der Waals surface area contributed by atoms with Crippen LogP contribution in [0.2, 0.25) is 0 Å². The molecule has 1 aliphatic heterocycles. The summed E-state index contributed by atoms with van der Waals surface area (Å²) >= 11 is 0. The summed E-state index contributed by atoms with van der Waals surface area (Å²) in [5.74, 6) is 1.40. The minimum absolute atomic E-state index is 0.674. The summed E-state index contributed by atoms with van der Waals surface area (Å²) in [6, 6.07) is 4.15. The van der Waals surface area contributed by atoms with Gasteiger partial charge in [-0.3, -0.25) is 0 Å². The average molecular weight is 192 g/mol. The first kappa shape index (κ1) is 9.46. The number of piperidine rings is 1. The number of nitrogens with zero attached hydrogens (tertiary/aromatic N) is 1. The van der Waals surface area contributed by atoms with E-state index >= 15 is 0 Å². The van der Waals surface area contributed by atoms with Crippen LogP contribution in [0.3, 0.4) is 0 Å². The van der Waals surface area contributed by atoms with Gasteiger partial charge in [0.05, 0.1) is 7.11 Å². The Morgan fingerprint density at radius 3 is 2.93 bits per heavy atom. The van der Waals surface area contributed by atoms with Crippen molar-refractivity contribution in [3.05, 3.63) is 23.9 Å². The van der Waals surface area contributed by atoms with Crippen molar-refractivity contribution < 1.29 is 4.74 Å². The zero-order valence-corrected chi connectivity index (χ0v) is 8.49. The van der Waals surface area contributed by atoms with Crippen LogP contribution in [-0.2, 0) is 0 Å². The SMILES string of the molecule is COc1cc(C2CCNCC2)ccn1. The van der Waals surface area contributed by atoms with E-state index in [9.17, 15) is 0 Å². The maximum absolute atomic E-state index is 5.12. The lowest BCUT2D eigenvalue weighted by Crippen LogP contribution is -2.26. The summed E-state index contributed by atoms with van der Waals surface area (Å²) in [7, 11) is 1.66. The molecule has 0 spiro atoms. The molecule has 1 aromatic heterocycles. The van der Waals surface area contributed by atoms with Gasteiger partial charge in [0.2, 0.25) is 5.88 Å². The number of aromatic nitrogens is 1. The Morgan fingerprint density at radius 2 is 2.21 bits per heavy atom. The highest BCUT2D eigenvalue weighted by molar-refractivity contribution is 5.24. The monoisotopic (exact) mass is 192 g/mol. The van der Waals surface area contributed by atoms with Gasteiger partial charge in [0.15, 0.2) is 0 Å². The van der Waals surface area contributed by atoms with Gasteiger partial charge in [0.1, 0.15) is 0 Å². The predicted octanol–water partition coefficient (Wildman–Crippen LogP) is 1.56. The van der Waals surface area contributed by atoms with Crippen molar-refractivity contribution >= 4 is 0 Å². The number of hydrogen-bond donors (Lipinski definition) is 1. The van der Waals surface area contributed by atoms with Crippen LogP contribution < -0.4 is 10.1 Å². The lowest BCUT2D eigenvalue weighted by atomic mass is 9.91. The van der Waals surface area contributed by atoms with Gasteiger partial charge in [0.25, 0.3) is 0 Å². The fourth-order valence-electron chi connectivity index (χ4n) is 1.95. The molecule has 76 valence electrons. The molecule has 3 heteroatoms. The molecule has 1 N–H and O–H groups in total. The Bertz CT molecular complexity index is 295. The van der Waals surface area contributed by atoms with E-state index in [4.69, 9.17) is 4.74 Å². The molecule has 14 heavy (non-hydrogen) atoms. The van der Waals surface area contributed by atoms with E-state index in [1.54, 1.807) is 7.11 Å². The number of ether oxygens (including phenoxy) is 1. The standard InChI is InChI=1S/C11H16N2O/c1-14-11-8-10(4-7-13-11)9-2-5-12-6-3-9/h4,7-9,12H,2-3,5-6H2,1H3. The van der Waals surface area contributed by atoms with Crippen molar-refractivity contribution in [2.75, 3.05) is 20.2 Å². The first-order valence-electron chi connectivity index (χ1n) is 5.11. The van der Waals surface area contributed by atoms with Crippen LogP contribution in [0.5, 0.6) is 5.88 Å². The average Bonchev–Trinajstić information content (AvgIpc) is 2.30. The Morgan fingerprint density at radius 1 is 1.43 bits per heavy atom. The zero-order chi connectivity index (χ0) is 9.80. The van der Waals surface area contributed by atoms with Crippen LogP contribution in [0.4, 0.5) is 0 Å². The highest BCUT2D eigenvalue weighted by Gasteiger charge is 2.15. The zero-order valence-electron chi connectivity index (χ0n) is 8.49. The molecule has 0 radical (unpaired) electrons. The summed E-state index contributed by atoms with van der Waals surface area (Å²) in [5, 5.41) is 3.37. The van der Waals surface area contributed by atoms with Crippen LogP contribution in [0.25, 0.3) is 0 Å². The summed E-state index contributed by atoms with van der Waals surface area (Å²) in [6.45, 7) is 2.24. The lowest BCUT2D eigenvalue weighted by molar-refractivity contribution is 0.394. The summed E-state index contributed by atoms with van der Waals surface area (Å²) in [4.78, 5) is 4.11. The molecule has 2 rings (SSSR count). The molecule has 0 saturated carbocycles. The van der Waals surface area contributed by atoms with Gasteiger partial charge in [-0.2, -0.15) is 0 Å². The molecule has 1 aromatic rings. The molecule has 1 fully saturated rings. The quantitative estimate of drug-likeness (QED) is 0.772. The first-order chi connectivity index (χ1) is 6.90. The number of methoxy groups -OCH3 is 1. The van der Waals surface area contributed by atoms with Crippen molar-refractivity contribution in [3.63, 3.8) is 0 Å². The first-order valence-corrected chi connectivity index (χ1v) is 5.11. The Hall–Kier alpha value is -1.09. The summed E-state index contributed by atoms with van der Waals surface area (Å²) in [6.07, 6.45) is 4.26. The summed E-state index contributed by atoms with van der Waals surface area (Å²) in [5.41, 5.74) is 1.36. The maximum atomic E-state index is 5.12. The van der Waals surface area contributed by atoms with Gasteiger partial charge >= 0.3 is 0 Å². The van der Waals surface area contributed by atoms with Crippen molar-refractivity contribution in [1.29, 1.82) is 0 Å². The van der Waals surface area contributed by atoms with E-state index in [-0.39, 0.29) is 0 Å². The Labute approximate surface area is 84.5 Å². The van der Waals surface area contributed by atoms with Gasteiger partial charge in [-0.15, -0.1) is 0 Å². The minimum Gasteiger partial charge on any atom is -0.481 e. The Balaban J connectivity index is 2.13. The lowest BCUT2D eigenvalue weighted by Gasteiger charge is -2.22. The molecule has 1 saturated heterocycles. The van der Waals surface area contributed by atoms with E-state index in [2.05, 4.69) is 22.4 Å². The fraction of sp³-hybridized carbons (Fsp3) is 0.545. The largest absolute Gasteiger partial charge is 0.481 e. The second-order valence-corrected chi connectivity index (χ2v) is 3.66. The summed E-state index contributed by atoms with van der Waals surface area (Å²) < 4.78 is 5.12. The number of nitrogens with one attached hydrogen (secondary N) is 1. The second kappa shape index (κ2) is 4.42. The van der Waals surface area contributed by atoms with Crippen LogP contribution >= 0.6 is 0 Å². The molecule has 0 aromatic carbocycles. The molecule has 0 amide bonds. The number of pyridine rings is 1. The van der Waals surface area contributed by atoms with Crippen molar-refractivity contribution in [2.24, 2.45) is 0 Å². The highest BCUT2D eigenvalue weighted by Crippen LogP contribution is 2.26. The van der Waals surface area contributed by atoms with E-state index in [0.29, 0.717) is 5.92 Å². The van der Waals surface area contributed by atoms with Crippen molar-refractivity contribution in [1.82, 2.24) is 10.3 Å². The molecular weight excluding hydrogens is 176 g/mol. The van der Waals surface area contributed by atoms with Crippen molar-refractivity contribution in [3.8, 4) is 5.88 Å². The van der Waals surface area contributed by atoms with E-state index < -0.39 is 0 Å². The van der Waals surface area contributed by atoms with E-state index in [1.807, 2.05) is 6.20 Å². The van der Waals surface area contributed by atoms with Crippen molar-refractivity contribution in [2.45, 2.75) is 18.8 Å². The molecule has 0 atom stereocenters. The number of hydrogen-bond acceptors (Lipinski definition) is 3. The van der Waals surface area contributed by atoms with Gasteiger partial charge in [-0.1, -0.05) is 0 Å². The number of rotatable bonds is 2. The van der Waals surface area contributed by atoms with E-state index in [1.165, 1.54) is 18.4 Å². The van der Waals surface area contributed by atoms with Gasteiger partial charge in [-0.25, -0.2) is 4.98 Å². The van der Waals surface area contributed by atoms with Crippen LogP contribution in [0.15, 0.2) is 18.3 Å². The molecule has 3 nitrogen and oxygen atoms in total. The normalized spacial score (nSPS) is 18.1. The fourth-order valence-corrected chi connectivity index (χ4v) is 1.95. The third-order valence-corrected chi connectivity index (χ3v) is 2.78. The third-order valence-electron chi connectivity index (χ3n) is 2.78. The maximum Gasteiger partial charge on any atom is 0.213 e. The molecule has 1 aliphatic rings. The topological polar surface area (TPSA) is 34.1 Å². The molecule has 0 unspecified atom stereocenters. The molecule has 2 heterocycles. The molecular formula is C11H16N2O. The highest BCUT2D eigenvalue weighted by atomic mass is 16.5. The predicted molar refractivity (Wildman–Crippen MR) is 55.6 cm³/mol. The van der Waals surface area contributed by atoms with Crippen LogP contribution in [-0.4, -0.2) is 25.2 Å². The van der Waals surface area contributed by atoms with E-state index in [0.717, 1.165) is 19.0 Å². The second-order valence-electron chi connectivity index (χ2n) is 3.66. The molecule has 0 aliphatic carbocycles.